The molecule has 0 saturated heterocycles. The number of benzene rings is 2. The molecule has 0 spiro atoms. The maximum Gasteiger partial charge on any atom is 0.225 e. The molecule has 1 aromatic heterocycles. The van der Waals surface area contributed by atoms with Crippen molar-refractivity contribution < 1.29 is 22.0 Å². The first-order chi connectivity index (χ1) is 13.3. The van der Waals surface area contributed by atoms with E-state index in [-0.39, 0.29) is 27.5 Å². The molecule has 0 fully saturated rings. The number of rotatable bonds is 3. The van der Waals surface area contributed by atoms with Crippen LogP contribution >= 0.6 is 11.3 Å². The summed E-state index contributed by atoms with van der Waals surface area (Å²) in [6, 6.07) is 9.45. The van der Waals surface area contributed by atoms with Crippen LogP contribution in [0.3, 0.4) is 0 Å². The van der Waals surface area contributed by atoms with Gasteiger partial charge in [0.15, 0.2) is 0 Å². The van der Waals surface area contributed by atoms with Crippen LogP contribution in [-0.2, 0) is 14.6 Å². The highest BCUT2D eigenvalue weighted by Gasteiger charge is 2.35. The predicted octanol–water partition coefficient (Wildman–Crippen LogP) is 4.64. The molecule has 1 aliphatic rings. The Bertz CT molecular complexity index is 1180. The summed E-state index contributed by atoms with van der Waals surface area (Å²) >= 11 is 1.11. The lowest BCUT2D eigenvalue weighted by Gasteiger charge is -2.24. The van der Waals surface area contributed by atoms with Gasteiger partial charge >= 0.3 is 0 Å². The van der Waals surface area contributed by atoms with Crippen molar-refractivity contribution in [3.8, 4) is 0 Å². The Labute approximate surface area is 164 Å². The van der Waals surface area contributed by atoms with E-state index in [1.54, 1.807) is 12.1 Å². The van der Waals surface area contributed by atoms with Crippen molar-refractivity contribution in [1.82, 2.24) is 0 Å². The van der Waals surface area contributed by atoms with Gasteiger partial charge in [-0.15, -0.1) is 11.3 Å². The standard InChI is InChI=1S/C20H15F2NO3S2/c1-11-2-5-13(6-3-11)28(25,26)17-10-27-20-15(9-18(24)23-19(17)20)14-8-12(21)4-7-16(14)22/h2-8,10,15H,9H2,1H3,(H,23,24)/t15-/m1/s1. The third kappa shape index (κ3) is 3.12. The van der Waals surface area contributed by atoms with E-state index in [0.29, 0.717) is 4.88 Å². The number of amides is 1. The number of halogens is 2. The molecule has 0 radical (unpaired) electrons. The molecular formula is C20H15F2NO3S2. The normalized spacial score (nSPS) is 16.5. The number of fused-ring (bicyclic) bond motifs is 1. The van der Waals surface area contributed by atoms with E-state index in [9.17, 15) is 22.0 Å². The Balaban J connectivity index is 1.85. The molecule has 1 N–H and O–H groups in total. The summed E-state index contributed by atoms with van der Waals surface area (Å²) in [4.78, 5) is 12.8. The zero-order chi connectivity index (χ0) is 20.1. The third-order valence-electron chi connectivity index (χ3n) is 4.71. The number of carbonyl (C=O) groups excluding carboxylic acids is 1. The maximum atomic E-state index is 14.3. The lowest BCUT2D eigenvalue weighted by atomic mass is 9.90. The summed E-state index contributed by atoms with van der Waals surface area (Å²) in [6.45, 7) is 1.85. The van der Waals surface area contributed by atoms with E-state index in [1.807, 2.05) is 6.92 Å². The first kappa shape index (κ1) is 18.8. The van der Waals surface area contributed by atoms with E-state index < -0.39 is 33.3 Å². The molecule has 0 bridgehead atoms. The molecule has 2 heterocycles. The molecule has 8 heteroatoms. The molecule has 0 unspecified atom stereocenters. The van der Waals surface area contributed by atoms with Gasteiger partial charge < -0.3 is 5.32 Å². The van der Waals surface area contributed by atoms with E-state index >= 15 is 0 Å². The molecule has 0 aliphatic carbocycles. The van der Waals surface area contributed by atoms with Crippen LogP contribution < -0.4 is 5.32 Å². The van der Waals surface area contributed by atoms with Gasteiger partial charge in [0.1, 0.15) is 16.5 Å². The molecule has 3 aromatic rings. The minimum Gasteiger partial charge on any atom is -0.324 e. The summed E-state index contributed by atoms with van der Waals surface area (Å²) in [6.07, 6.45) is -0.0854. The number of thiophene rings is 1. The van der Waals surface area contributed by atoms with Crippen LogP contribution in [0, 0.1) is 18.6 Å². The largest absolute Gasteiger partial charge is 0.324 e. The predicted molar refractivity (Wildman–Crippen MR) is 102 cm³/mol. The number of anilines is 1. The Morgan fingerprint density at radius 1 is 1.11 bits per heavy atom. The van der Waals surface area contributed by atoms with Crippen molar-refractivity contribution in [1.29, 1.82) is 0 Å². The molecule has 0 saturated carbocycles. The first-order valence-electron chi connectivity index (χ1n) is 8.45. The van der Waals surface area contributed by atoms with Gasteiger partial charge in [-0.25, -0.2) is 17.2 Å². The molecule has 4 rings (SSSR count). The third-order valence-corrected chi connectivity index (χ3v) is 7.75. The first-order valence-corrected chi connectivity index (χ1v) is 10.8. The highest BCUT2D eigenvalue weighted by atomic mass is 32.2. The van der Waals surface area contributed by atoms with Gasteiger partial charge in [-0.2, -0.15) is 0 Å². The number of nitrogens with one attached hydrogen (secondary N) is 1. The Kier molecular flexibility index (Phi) is 4.55. The lowest BCUT2D eigenvalue weighted by molar-refractivity contribution is -0.116. The van der Waals surface area contributed by atoms with Crippen LogP contribution in [0.15, 0.2) is 57.6 Å². The molecule has 1 aliphatic heterocycles. The number of carbonyl (C=O) groups is 1. The Hall–Kier alpha value is -2.58. The zero-order valence-electron chi connectivity index (χ0n) is 14.7. The smallest absolute Gasteiger partial charge is 0.225 e. The molecule has 4 nitrogen and oxygen atoms in total. The van der Waals surface area contributed by atoms with Crippen molar-refractivity contribution in [2.75, 3.05) is 5.32 Å². The Morgan fingerprint density at radius 2 is 1.82 bits per heavy atom. The molecular weight excluding hydrogens is 404 g/mol. The SMILES string of the molecule is Cc1ccc(S(=O)(=O)c2csc3c2NC(=O)C[C@@H]3c2cc(F)ccc2F)cc1. The summed E-state index contributed by atoms with van der Waals surface area (Å²) in [5.74, 6) is -2.44. The quantitative estimate of drug-likeness (QED) is 0.673. The van der Waals surface area contributed by atoms with Gasteiger partial charge in [-0.1, -0.05) is 17.7 Å². The molecule has 1 amide bonds. The van der Waals surface area contributed by atoms with Crippen molar-refractivity contribution in [2.45, 2.75) is 29.1 Å². The van der Waals surface area contributed by atoms with Crippen LogP contribution in [0.4, 0.5) is 14.5 Å². The van der Waals surface area contributed by atoms with Crippen LogP contribution in [0.1, 0.15) is 28.3 Å². The Morgan fingerprint density at radius 3 is 2.54 bits per heavy atom. The van der Waals surface area contributed by atoms with Gasteiger partial charge in [0.25, 0.3) is 0 Å². The monoisotopic (exact) mass is 419 g/mol. The summed E-state index contributed by atoms with van der Waals surface area (Å²) in [5.41, 5.74) is 1.11. The second-order valence-electron chi connectivity index (χ2n) is 6.63. The maximum absolute atomic E-state index is 14.3. The minimum absolute atomic E-state index is 0.0359. The lowest BCUT2D eigenvalue weighted by Crippen LogP contribution is -2.24. The fourth-order valence-electron chi connectivity index (χ4n) is 3.28. The average molecular weight is 419 g/mol. The number of hydrogen-bond donors (Lipinski definition) is 1. The summed E-state index contributed by atoms with van der Waals surface area (Å²) in [5, 5.41) is 4.05. The van der Waals surface area contributed by atoms with Crippen molar-refractivity contribution in [3.05, 3.63) is 75.5 Å². The van der Waals surface area contributed by atoms with Crippen LogP contribution in [0.5, 0.6) is 0 Å². The van der Waals surface area contributed by atoms with Crippen LogP contribution in [0.2, 0.25) is 0 Å². The summed E-state index contributed by atoms with van der Waals surface area (Å²) < 4.78 is 54.1. The second-order valence-corrected chi connectivity index (χ2v) is 9.46. The number of hydrogen-bond acceptors (Lipinski definition) is 4. The van der Waals surface area contributed by atoms with Crippen molar-refractivity contribution in [3.63, 3.8) is 0 Å². The number of aryl methyl sites for hydroxylation is 1. The van der Waals surface area contributed by atoms with E-state index in [4.69, 9.17) is 0 Å². The average Bonchev–Trinajstić information content (AvgIpc) is 3.08. The number of sulfone groups is 1. The molecule has 2 aromatic carbocycles. The zero-order valence-corrected chi connectivity index (χ0v) is 16.3. The fourth-order valence-corrected chi connectivity index (χ4v) is 6.18. The topological polar surface area (TPSA) is 63.2 Å². The highest BCUT2D eigenvalue weighted by Crippen LogP contribution is 2.46. The van der Waals surface area contributed by atoms with E-state index in [1.165, 1.54) is 17.5 Å². The molecule has 28 heavy (non-hydrogen) atoms. The van der Waals surface area contributed by atoms with Crippen LogP contribution in [0.25, 0.3) is 0 Å². The van der Waals surface area contributed by atoms with Gasteiger partial charge in [0.2, 0.25) is 15.7 Å². The van der Waals surface area contributed by atoms with Gasteiger partial charge in [0.05, 0.1) is 10.6 Å². The minimum atomic E-state index is -3.87. The van der Waals surface area contributed by atoms with Gasteiger partial charge in [-0.05, 0) is 42.8 Å². The summed E-state index contributed by atoms with van der Waals surface area (Å²) in [7, 11) is -3.87. The van der Waals surface area contributed by atoms with Gasteiger partial charge in [-0.3, -0.25) is 4.79 Å². The fraction of sp³-hybridized carbons (Fsp3) is 0.150. The second kappa shape index (κ2) is 6.79. The van der Waals surface area contributed by atoms with Gasteiger partial charge in [0, 0.05) is 22.6 Å². The van der Waals surface area contributed by atoms with E-state index in [2.05, 4.69) is 5.32 Å². The van der Waals surface area contributed by atoms with Crippen LogP contribution in [-0.4, -0.2) is 14.3 Å². The van der Waals surface area contributed by atoms with Crippen molar-refractivity contribution >= 4 is 32.8 Å². The highest BCUT2D eigenvalue weighted by molar-refractivity contribution is 7.91. The molecule has 144 valence electrons. The van der Waals surface area contributed by atoms with E-state index in [0.717, 1.165) is 35.1 Å². The molecule has 1 atom stereocenters. The van der Waals surface area contributed by atoms with Crippen molar-refractivity contribution in [2.24, 2.45) is 0 Å².